The van der Waals surface area contributed by atoms with Gasteiger partial charge in [-0.1, -0.05) is 44.0 Å². The molecule has 0 spiro atoms. The van der Waals surface area contributed by atoms with Crippen LogP contribution in [0.2, 0.25) is 0 Å². The van der Waals surface area contributed by atoms with Gasteiger partial charge >= 0.3 is 0 Å². The topological polar surface area (TPSA) is 93.7 Å². The van der Waals surface area contributed by atoms with Crippen molar-refractivity contribution in [1.29, 1.82) is 0 Å². The highest BCUT2D eigenvalue weighted by Gasteiger charge is 2.26. The van der Waals surface area contributed by atoms with Crippen LogP contribution in [0.1, 0.15) is 13.8 Å². The molecular weight excluding hydrogens is 404 g/mol. The Bertz CT molecular complexity index is 1040. The summed E-state index contributed by atoms with van der Waals surface area (Å²) in [6, 6.07) is 11.7. The first-order valence-electron chi connectivity index (χ1n) is 9.28. The number of rotatable bonds is 9. The van der Waals surface area contributed by atoms with E-state index in [9.17, 15) is 13.2 Å². The molecule has 0 aromatic heterocycles. The molecule has 0 radical (unpaired) electrons. The zero-order valence-electron chi connectivity index (χ0n) is 17.4. The molecule has 1 atom stereocenters. The summed E-state index contributed by atoms with van der Waals surface area (Å²) in [4.78, 5) is 12.8. The SMILES string of the molecule is C#CCOc1ccc(-c2ccccc2NC(=O)[C@@H](NS(C)(=O)=O)C(C)C)cc1OC. The summed E-state index contributed by atoms with van der Waals surface area (Å²) in [5, 5.41) is 2.83. The minimum Gasteiger partial charge on any atom is -0.493 e. The summed E-state index contributed by atoms with van der Waals surface area (Å²) >= 11 is 0. The second-order valence-corrected chi connectivity index (χ2v) is 8.79. The Morgan fingerprint density at radius 3 is 2.47 bits per heavy atom. The van der Waals surface area contributed by atoms with Crippen LogP contribution in [0.5, 0.6) is 11.5 Å². The van der Waals surface area contributed by atoms with Gasteiger partial charge < -0.3 is 14.8 Å². The molecular formula is C22H26N2O5S. The van der Waals surface area contributed by atoms with Gasteiger partial charge in [-0.15, -0.1) is 6.42 Å². The lowest BCUT2D eigenvalue weighted by Crippen LogP contribution is -2.46. The van der Waals surface area contributed by atoms with Crippen molar-refractivity contribution < 1.29 is 22.7 Å². The van der Waals surface area contributed by atoms with Gasteiger partial charge in [0.05, 0.1) is 13.4 Å². The predicted octanol–water partition coefficient (Wildman–Crippen LogP) is 2.89. The van der Waals surface area contributed by atoms with E-state index in [0.717, 1.165) is 17.4 Å². The number of para-hydroxylation sites is 1. The van der Waals surface area contributed by atoms with Crippen LogP contribution in [-0.4, -0.2) is 40.3 Å². The third-order valence-corrected chi connectivity index (χ3v) is 4.94. The van der Waals surface area contributed by atoms with Crippen LogP contribution in [0.25, 0.3) is 11.1 Å². The quantitative estimate of drug-likeness (QED) is 0.597. The predicted molar refractivity (Wildman–Crippen MR) is 118 cm³/mol. The van der Waals surface area contributed by atoms with Gasteiger partial charge in [0.2, 0.25) is 15.9 Å². The third kappa shape index (κ3) is 6.24. The smallest absolute Gasteiger partial charge is 0.242 e. The standard InChI is InChI=1S/C22H26N2O5S/c1-6-13-29-19-12-11-16(14-20(19)28-4)17-9-7-8-10-18(17)23-22(25)21(15(2)3)24-30(5,26)27/h1,7-12,14-15,21,24H,13H2,2-5H3,(H,23,25)/t21-/m0/s1. The molecule has 0 heterocycles. The van der Waals surface area contributed by atoms with E-state index in [1.165, 1.54) is 7.11 Å². The van der Waals surface area contributed by atoms with E-state index >= 15 is 0 Å². The average Bonchev–Trinajstić information content (AvgIpc) is 2.70. The number of hydrogen-bond acceptors (Lipinski definition) is 5. The fraction of sp³-hybridized carbons (Fsp3) is 0.318. The Labute approximate surface area is 177 Å². The second kappa shape index (κ2) is 10.1. The van der Waals surface area contributed by atoms with Gasteiger partial charge in [0.25, 0.3) is 0 Å². The molecule has 8 heteroatoms. The zero-order chi connectivity index (χ0) is 22.3. The van der Waals surface area contributed by atoms with Crippen LogP contribution in [0, 0.1) is 18.3 Å². The Hall–Kier alpha value is -3.02. The maximum absolute atomic E-state index is 12.8. The number of amides is 1. The minimum atomic E-state index is -3.54. The zero-order valence-corrected chi connectivity index (χ0v) is 18.2. The molecule has 2 aromatic carbocycles. The second-order valence-electron chi connectivity index (χ2n) is 7.00. The molecule has 0 aliphatic rings. The number of sulfonamides is 1. The molecule has 0 fully saturated rings. The molecule has 0 aliphatic carbocycles. The van der Waals surface area contributed by atoms with Crippen LogP contribution in [0.3, 0.4) is 0 Å². The maximum Gasteiger partial charge on any atom is 0.242 e. The Balaban J connectivity index is 2.36. The van der Waals surface area contributed by atoms with E-state index in [2.05, 4.69) is 16.0 Å². The van der Waals surface area contributed by atoms with E-state index in [4.69, 9.17) is 15.9 Å². The third-order valence-electron chi connectivity index (χ3n) is 4.26. The Morgan fingerprint density at radius 1 is 1.17 bits per heavy atom. The number of hydrogen-bond donors (Lipinski definition) is 2. The highest BCUT2D eigenvalue weighted by atomic mass is 32.2. The van der Waals surface area contributed by atoms with Gasteiger partial charge in [-0.25, -0.2) is 13.1 Å². The number of carbonyl (C=O) groups is 1. The molecule has 1 amide bonds. The molecule has 30 heavy (non-hydrogen) atoms. The van der Waals surface area contributed by atoms with E-state index in [-0.39, 0.29) is 12.5 Å². The van der Waals surface area contributed by atoms with Crippen molar-refractivity contribution in [3.8, 4) is 35.0 Å². The summed E-state index contributed by atoms with van der Waals surface area (Å²) in [5.74, 6) is 2.74. The van der Waals surface area contributed by atoms with Crippen molar-refractivity contribution in [2.75, 3.05) is 25.3 Å². The van der Waals surface area contributed by atoms with Gasteiger partial charge in [-0.3, -0.25) is 4.79 Å². The normalized spacial score (nSPS) is 12.1. The lowest BCUT2D eigenvalue weighted by atomic mass is 10.0. The van der Waals surface area contributed by atoms with Crippen LogP contribution in [-0.2, 0) is 14.8 Å². The van der Waals surface area contributed by atoms with Gasteiger partial charge in [-0.2, -0.15) is 0 Å². The number of ether oxygens (including phenoxy) is 2. The van der Waals surface area contributed by atoms with Crippen LogP contribution >= 0.6 is 0 Å². The lowest BCUT2D eigenvalue weighted by molar-refractivity contribution is -0.118. The van der Waals surface area contributed by atoms with E-state index in [1.54, 1.807) is 38.1 Å². The highest BCUT2D eigenvalue weighted by molar-refractivity contribution is 7.88. The monoisotopic (exact) mass is 430 g/mol. The molecule has 2 aromatic rings. The average molecular weight is 431 g/mol. The van der Waals surface area contributed by atoms with E-state index in [1.807, 2.05) is 18.2 Å². The summed E-state index contributed by atoms with van der Waals surface area (Å²) in [6.45, 7) is 3.66. The highest BCUT2D eigenvalue weighted by Crippen LogP contribution is 2.35. The summed E-state index contributed by atoms with van der Waals surface area (Å²) in [7, 11) is -2.02. The van der Waals surface area contributed by atoms with Gasteiger partial charge in [-0.05, 0) is 29.7 Å². The van der Waals surface area contributed by atoms with E-state index < -0.39 is 22.0 Å². The maximum atomic E-state index is 12.8. The first-order valence-corrected chi connectivity index (χ1v) is 11.2. The number of carbonyl (C=O) groups excluding carboxylic acids is 1. The molecule has 2 N–H and O–H groups in total. The van der Waals surface area contributed by atoms with Crippen LogP contribution in [0.4, 0.5) is 5.69 Å². The Kier molecular flexibility index (Phi) is 7.86. The molecule has 0 aliphatic heterocycles. The molecule has 0 bridgehead atoms. The van der Waals surface area contributed by atoms with Crippen molar-refractivity contribution in [2.24, 2.45) is 5.92 Å². The summed E-state index contributed by atoms with van der Waals surface area (Å²) in [6.07, 6.45) is 6.27. The number of nitrogens with one attached hydrogen (secondary N) is 2. The van der Waals surface area contributed by atoms with Crippen LogP contribution < -0.4 is 19.5 Å². The van der Waals surface area contributed by atoms with Gasteiger partial charge in [0.1, 0.15) is 12.6 Å². The van der Waals surface area contributed by atoms with Gasteiger partial charge in [0.15, 0.2) is 11.5 Å². The molecule has 7 nitrogen and oxygen atoms in total. The first kappa shape index (κ1) is 23.3. The number of anilines is 1. The lowest BCUT2D eigenvalue weighted by Gasteiger charge is -2.21. The van der Waals surface area contributed by atoms with Crippen molar-refractivity contribution in [3.63, 3.8) is 0 Å². The van der Waals surface area contributed by atoms with Crippen molar-refractivity contribution in [3.05, 3.63) is 42.5 Å². The largest absolute Gasteiger partial charge is 0.493 e. The van der Waals surface area contributed by atoms with Crippen molar-refractivity contribution >= 4 is 21.6 Å². The van der Waals surface area contributed by atoms with Crippen LogP contribution in [0.15, 0.2) is 42.5 Å². The number of methoxy groups -OCH3 is 1. The fourth-order valence-corrected chi connectivity index (χ4v) is 3.69. The van der Waals surface area contributed by atoms with E-state index in [0.29, 0.717) is 17.2 Å². The molecule has 2 rings (SSSR count). The van der Waals surface area contributed by atoms with Gasteiger partial charge in [0, 0.05) is 11.3 Å². The first-order chi connectivity index (χ1) is 14.2. The Morgan fingerprint density at radius 2 is 1.87 bits per heavy atom. The molecule has 0 saturated carbocycles. The molecule has 160 valence electrons. The van der Waals surface area contributed by atoms with Crippen molar-refractivity contribution in [1.82, 2.24) is 4.72 Å². The number of benzene rings is 2. The number of terminal acetylenes is 1. The fourth-order valence-electron chi connectivity index (χ4n) is 2.85. The molecule has 0 unspecified atom stereocenters. The van der Waals surface area contributed by atoms with Crippen molar-refractivity contribution in [2.45, 2.75) is 19.9 Å². The summed E-state index contributed by atoms with van der Waals surface area (Å²) < 4.78 is 36.5. The summed E-state index contributed by atoms with van der Waals surface area (Å²) in [5.41, 5.74) is 2.07. The molecule has 0 saturated heterocycles. The minimum absolute atomic E-state index is 0.117.